The second-order valence-electron chi connectivity index (χ2n) is 3.56. The highest BCUT2D eigenvalue weighted by atomic mass is 79.9. The van der Waals surface area contributed by atoms with Crippen LogP contribution in [0.15, 0.2) is 52.3 Å². The highest BCUT2D eigenvalue weighted by Gasteiger charge is 2.05. The number of phenols is 2. The number of hydrogen-bond donors (Lipinski definition) is 3. The predicted molar refractivity (Wildman–Crippen MR) is 78.6 cm³/mol. The molecule has 0 radical (unpaired) electrons. The van der Waals surface area contributed by atoms with Crippen LogP contribution in [0.5, 0.6) is 11.5 Å². The minimum atomic E-state index is -0.111. The number of phenolic OH excluding ortho intramolecular Hbond substituents is 2. The molecule has 2 aromatic carbocycles. The molecule has 4 N–H and O–H groups in total. The summed E-state index contributed by atoms with van der Waals surface area (Å²) in [5, 5.41) is 18.6. The molecule has 0 aliphatic carbocycles. The normalized spacial score (nSPS) is 9.83. The van der Waals surface area contributed by atoms with Gasteiger partial charge in [0.1, 0.15) is 0 Å². The summed E-state index contributed by atoms with van der Waals surface area (Å²) in [5.74, 6) is -0.221. The SMILES string of the molecule is Br.NCc1ccccc1Sc1ccc(O)c(O)c1. The van der Waals surface area contributed by atoms with E-state index in [9.17, 15) is 10.2 Å². The Balaban J connectivity index is 0.00000162. The molecule has 0 heterocycles. The van der Waals surface area contributed by atoms with Crippen molar-refractivity contribution in [3.05, 3.63) is 48.0 Å². The van der Waals surface area contributed by atoms with E-state index in [1.54, 1.807) is 6.07 Å². The van der Waals surface area contributed by atoms with Crippen molar-refractivity contribution in [3.63, 3.8) is 0 Å². The van der Waals surface area contributed by atoms with Gasteiger partial charge in [0.25, 0.3) is 0 Å². The van der Waals surface area contributed by atoms with Gasteiger partial charge in [0, 0.05) is 16.3 Å². The highest BCUT2D eigenvalue weighted by molar-refractivity contribution is 8.93. The lowest BCUT2D eigenvalue weighted by Crippen LogP contribution is -1.97. The molecule has 0 bridgehead atoms. The third-order valence-corrected chi connectivity index (χ3v) is 3.48. The quantitative estimate of drug-likeness (QED) is 0.757. The molecule has 3 nitrogen and oxygen atoms in total. The molecule has 0 saturated carbocycles. The first-order valence-corrected chi connectivity index (χ1v) is 6.00. The molecule has 0 saturated heterocycles. The molecule has 0 atom stereocenters. The van der Waals surface area contributed by atoms with Crippen LogP contribution in [0.2, 0.25) is 0 Å². The fraction of sp³-hybridized carbons (Fsp3) is 0.0769. The summed E-state index contributed by atoms with van der Waals surface area (Å²) >= 11 is 1.51. The van der Waals surface area contributed by atoms with Crippen LogP contribution in [0.25, 0.3) is 0 Å². The maximum Gasteiger partial charge on any atom is 0.158 e. The van der Waals surface area contributed by atoms with Crippen LogP contribution >= 0.6 is 28.7 Å². The van der Waals surface area contributed by atoms with E-state index in [-0.39, 0.29) is 28.5 Å². The van der Waals surface area contributed by atoms with Gasteiger partial charge in [-0.05, 0) is 29.8 Å². The van der Waals surface area contributed by atoms with E-state index in [1.807, 2.05) is 24.3 Å². The Morgan fingerprint density at radius 3 is 2.39 bits per heavy atom. The van der Waals surface area contributed by atoms with Crippen LogP contribution in [0, 0.1) is 0 Å². The fourth-order valence-electron chi connectivity index (χ4n) is 1.47. The summed E-state index contributed by atoms with van der Waals surface area (Å²) in [5.41, 5.74) is 6.72. The van der Waals surface area contributed by atoms with Crippen LogP contribution in [0.4, 0.5) is 0 Å². The fourth-order valence-corrected chi connectivity index (χ4v) is 2.46. The summed E-state index contributed by atoms with van der Waals surface area (Å²) in [4.78, 5) is 1.92. The molecular formula is C13H14BrNO2S. The number of halogens is 1. The van der Waals surface area contributed by atoms with Gasteiger partial charge in [-0.15, -0.1) is 17.0 Å². The van der Waals surface area contributed by atoms with Crippen molar-refractivity contribution in [1.82, 2.24) is 0 Å². The van der Waals surface area contributed by atoms with Crippen LogP contribution in [0.3, 0.4) is 0 Å². The predicted octanol–water partition coefficient (Wildman–Crippen LogP) is 3.29. The Kier molecular flexibility index (Phi) is 5.53. The van der Waals surface area contributed by atoms with Gasteiger partial charge in [-0.2, -0.15) is 0 Å². The number of rotatable bonds is 3. The average molecular weight is 328 g/mol. The largest absolute Gasteiger partial charge is 0.504 e. The monoisotopic (exact) mass is 327 g/mol. The number of aromatic hydroxyl groups is 2. The van der Waals surface area contributed by atoms with Gasteiger partial charge >= 0.3 is 0 Å². The minimum Gasteiger partial charge on any atom is -0.504 e. The van der Waals surface area contributed by atoms with Gasteiger partial charge < -0.3 is 15.9 Å². The third kappa shape index (κ3) is 3.41. The maximum atomic E-state index is 9.42. The van der Waals surface area contributed by atoms with Gasteiger partial charge in [-0.1, -0.05) is 30.0 Å². The molecule has 0 aromatic heterocycles. The maximum absolute atomic E-state index is 9.42. The van der Waals surface area contributed by atoms with Crippen LogP contribution in [0.1, 0.15) is 5.56 Å². The zero-order chi connectivity index (χ0) is 12.3. The van der Waals surface area contributed by atoms with E-state index < -0.39 is 0 Å². The zero-order valence-corrected chi connectivity index (χ0v) is 12.1. The smallest absolute Gasteiger partial charge is 0.158 e. The van der Waals surface area contributed by atoms with Crippen molar-refractivity contribution in [3.8, 4) is 11.5 Å². The lowest BCUT2D eigenvalue weighted by Gasteiger charge is -2.07. The second-order valence-corrected chi connectivity index (χ2v) is 4.68. The summed E-state index contributed by atoms with van der Waals surface area (Å²) in [7, 11) is 0. The van der Waals surface area contributed by atoms with Crippen LogP contribution < -0.4 is 5.73 Å². The topological polar surface area (TPSA) is 66.5 Å². The van der Waals surface area contributed by atoms with E-state index in [1.165, 1.54) is 23.9 Å². The van der Waals surface area contributed by atoms with Crippen molar-refractivity contribution < 1.29 is 10.2 Å². The van der Waals surface area contributed by atoms with Gasteiger partial charge in [-0.25, -0.2) is 0 Å². The molecule has 0 fully saturated rings. The van der Waals surface area contributed by atoms with E-state index >= 15 is 0 Å². The average Bonchev–Trinajstić information content (AvgIpc) is 2.34. The lowest BCUT2D eigenvalue weighted by atomic mass is 10.2. The summed E-state index contributed by atoms with van der Waals surface area (Å²) < 4.78 is 0. The first kappa shape index (κ1) is 14.9. The standard InChI is InChI=1S/C13H13NO2S.BrH/c14-8-9-3-1-2-4-13(9)17-10-5-6-11(15)12(16)7-10;/h1-7,15-16H,8,14H2;1H. The first-order chi connectivity index (χ1) is 8.20. The molecule has 18 heavy (non-hydrogen) atoms. The molecule has 0 unspecified atom stereocenters. The van der Waals surface area contributed by atoms with Crippen molar-refractivity contribution in [2.24, 2.45) is 5.73 Å². The van der Waals surface area contributed by atoms with Gasteiger partial charge in [-0.3, -0.25) is 0 Å². The van der Waals surface area contributed by atoms with Crippen molar-refractivity contribution in [2.45, 2.75) is 16.3 Å². The van der Waals surface area contributed by atoms with E-state index in [0.717, 1.165) is 15.4 Å². The molecular weight excluding hydrogens is 314 g/mol. The number of hydrogen-bond acceptors (Lipinski definition) is 4. The lowest BCUT2D eigenvalue weighted by molar-refractivity contribution is 0.402. The molecule has 5 heteroatoms. The molecule has 96 valence electrons. The van der Waals surface area contributed by atoms with E-state index in [2.05, 4.69) is 0 Å². The number of nitrogens with two attached hydrogens (primary N) is 1. The Bertz CT molecular complexity index is 534. The molecule has 0 aliphatic rings. The number of benzene rings is 2. The zero-order valence-electron chi connectivity index (χ0n) is 9.54. The van der Waals surface area contributed by atoms with Crippen molar-refractivity contribution in [1.29, 1.82) is 0 Å². The summed E-state index contributed by atoms with van der Waals surface area (Å²) in [6, 6.07) is 12.6. The van der Waals surface area contributed by atoms with Gasteiger partial charge in [0.05, 0.1) is 0 Å². The van der Waals surface area contributed by atoms with Crippen LogP contribution in [-0.4, -0.2) is 10.2 Å². The van der Waals surface area contributed by atoms with Crippen LogP contribution in [-0.2, 0) is 6.54 Å². The second kappa shape index (κ2) is 6.68. The molecule has 2 rings (SSSR count). The van der Waals surface area contributed by atoms with E-state index in [0.29, 0.717) is 6.54 Å². The summed E-state index contributed by atoms with van der Waals surface area (Å²) in [6.07, 6.45) is 0. The first-order valence-electron chi connectivity index (χ1n) is 5.18. The molecule has 0 amide bonds. The molecule has 0 aliphatic heterocycles. The minimum absolute atomic E-state index is 0. The molecule has 0 spiro atoms. The molecule has 2 aromatic rings. The third-order valence-electron chi connectivity index (χ3n) is 2.37. The summed E-state index contributed by atoms with van der Waals surface area (Å²) in [6.45, 7) is 0.479. The van der Waals surface area contributed by atoms with Crippen molar-refractivity contribution in [2.75, 3.05) is 0 Å². The van der Waals surface area contributed by atoms with Gasteiger partial charge in [0.2, 0.25) is 0 Å². The highest BCUT2D eigenvalue weighted by Crippen LogP contribution is 2.35. The van der Waals surface area contributed by atoms with Crippen molar-refractivity contribution >= 4 is 28.7 Å². The Morgan fingerprint density at radius 1 is 1.00 bits per heavy atom. The van der Waals surface area contributed by atoms with Gasteiger partial charge in [0.15, 0.2) is 11.5 Å². The van der Waals surface area contributed by atoms with E-state index in [4.69, 9.17) is 5.73 Å². The Labute approximate surface area is 120 Å². The Hall–Kier alpha value is -1.17. The Morgan fingerprint density at radius 2 is 1.72 bits per heavy atom.